The Labute approximate surface area is 113 Å². The quantitative estimate of drug-likeness (QED) is 0.725. The number of rotatable bonds is 3. The van der Waals surface area contributed by atoms with Crippen LogP contribution in [0.15, 0.2) is 46.3 Å². The van der Waals surface area contributed by atoms with E-state index < -0.39 is 0 Å². The van der Waals surface area contributed by atoms with E-state index in [-0.39, 0.29) is 0 Å². The second kappa shape index (κ2) is 4.92. The van der Waals surface area contributed by atoms with Crippen molar-refractivity contribution in [1.29, 1.82) is 0 Å². The van der Waals surface area contributed by atoms with E-state index >= 15 is 0 Å². The zero-order valence-corrected chi connectivity index (χ0v) is 10.9. The predicted octanol–water partition coefficient (Wildman–Crippen LogP) is 4.04. The van der Waals surface area contributed by atoms with Gasteiger partial charge in [0.25, 0.3) is 0 Å². The van der Waals surface area contributed by atoms with E-state index in [0.29, 0.717) is 23.2 Å². The molecule has 0 fully saturated rings. The topological polar surface area (TPSA) is 38.9 Å². The van der Waals surface area contributed by atoms with Gasteiger partial charge in [0.15, 0.2) is 0 Å². The van der Waals surface area contributed by atoms with Gasteiger partial charge in [0.05, 0.1) is 11.3 Å². The molecule has 2 aromatic heterocycles. The molecule has 0 atom stereocenters. The number of aromatic nitrogens is 2. The second-order valence-corrected chi connectivity index (χ2v) is 5.18. The van der Waals surface area contributed by atoms with Crippen LogP contribution >= 0.6 is 22.9 Å². The molecule has 2 heterocycles. The summed E-state index contributed by atoms with van der Waals surface area (Å²) in [6.45, 7) is 0. The first kappa shape index (κ1) is 11.4. The molecule has 0 aliphatic carbocycles. The Morgan fingerprint density at radius 1 is 1.22 bits per heavy atom. The highest BCUT2D eigenvalue weighted by molar-refractivity contribution is 7.13. The second-order valence-electron chi connectivity index (χ2n) is 3.80. The molecule has 0 unspecified atom stereocenters. The Balaban J connectivity index is 1.82. The zero-order chi connectivity index (χ0) is 12.4. The van der Waals surface area contributed by atoms with Crippen molar-refractivity contribution in [3.05, 3.63) is 58.3 Å². The van der Waals surface area contributed by atoms with Crippen LogP contribution < -0.4 is 0 Å². The maximum Gasteiger partial charge on any atom is 0.231 e. The molecule has 0 aliphatic heterocycles. The SMILES string of the molecule is Clc1cccc(Cc2nc(-c3cccs3)no2)c1. The highest BCUT2D eigenvalue weighted by Gasteiger charge is 2.09. The van der Waals surface area contributed by atoms with Gasteiger partial charge in [-0.25, -0.2) is 0 Å². The van der Waals surface area contributed by atoms with Gasteiger partial charge in [-0.3, -0.25) is 0 Å². The number of thiophene rings is 1. The molecule has 3 nitrogen and oxygen atoms in total. The summed E-state index contributed by atoms with van der Waals surface area (Å²) in [4.78, 5) is 5.38. The Morgan fingerprint density at radius 2 is 2.17 bits per heavy atom. The molecule has 18 heavy (non-hydrogen) atoms. The van der Waals surface area contributed by atoms with Crippen molar-refractivity contribution in [2.24, 2.45) is 0 Å². The molecule has 1 aromatic carbocycles. The Kier molecular flexibility index (Phi) is 3.13. The summed E-state index contributed by atoms with van der Waals surface area (Å²) in [5.41, 5.74) is 1.06. The normalized spacial score (nSPS) is 10.7. The minimum Gasteiger partial charge on any atom is -0.339 e. The summed E-state index contributed by atoms with van der Waals surface area (Å²) in [7, 11) is 0. The van der Waals surface area contributed by atoms with Crippen molar-refractivity contribution in [2.45, 2.75) is 6.42 Å². The fraction of sp³-hybridized carbons (Fsp3) is 0.0769. The van der Waals surface area contributed by atoms with Crippen molar-refractivity contribution in [3.63, 3.8) is 0 Å². The maximum atomic E-state index is 5.93. The zero-order valence-electron chi connectivity index (χ0n) is 9.34. The lowest BCUT2D eigenvalue weighted by atomic mass is 10.1. The smallest absolute Gasteiger partial charge is 0.231 e. The van der Waals surface area contributed by atoms with Gasteiger partial charge in [0.1, 0.15) is 0 Å². The lowest BCUT2D eigenvalue weighted by Crippen LogP contribution is -1.88. The first-order chi connectivity index (χ1) is 8.81. The van der Waals surface area contributed by atoms with Crippen LogP contribution in [0, 0.1) is 0 Å². The van der Waals surface area contributed by atoms with Crippen LogP contribution in [0.25, 0.3) is 10.7 Å². The summed E-state index contributed by atoms with van der Waals surface area (Å²) >= 11 is 7.52. The van der Waals surface area contributed by atoms with Crippen molar-refractivity contribution in [2.75, 3.05) is 0 Å². The van der Waals surface area contributed by atoms with Gasteiger partial charge in [-0.1, -0.05) is 35.0 Å². The van der Waals surface area contributed by atoms with E-state index in [1.54, 1.807) is 11.3 Å². The molecular formula is C13H9ClN2OS. The summed E-state index contributed by atoms with van der Waals surface area (Å²) in [5, 5.41) is 6.67. The molecule has 0 bridgehead atoms. The van der Waals surface area contributed by atoms with Crippen LogP contribution in [0.3, 0.4) is 0 Å². The first-order valence-corrected chi connectivity index (χ1v) is 6.68. The Morgan fingerprint density at radius 3 is 2.94 bits per heavy atom. The summed E-state index contributed by atoms with van der Waals surface area (Å²) in [5.74, 6) is 1.24. The fourth-order valence-corrected chi connectivity index (χ4v) is 2.52. The third-order valence-corrected chi connectivity index (χ3v) is 3.55. The summed E-state index contributed by atoms with van der Waals surface area (Å²) in [6.07, 6.45) is 0.596. The summed E-state index contributed by atoms with van der Waals surface area (Å²) < 4.78 is 5.23. The number of nitrogens with zero attached hydrogens (tertiary/aromatic N) is 2. The Hall–Kier alpha value is -1.65. The monoisotopic (exact) mass is 276 g/mol. The van der Waals surface area contributed by atoms with E-state index in [1.165, 1.54) is 0 Å². The van der Waals surface area contributed by atoms with Gasteiger partial charge >= 0.3 is 0 Å². The molecule has 0 amide bonds. The fourth-order valence-electron chi connectivity index (χ4n) is 1.65. The lowest BCUT2D eigenvalue weighted by Gasteiger charge is -1.96. The third kappa shape index (κ3) is 2.44. The van der Waals surface area contributed by atoms with E-state index in [1.807, 2.05) is 41.8 Å². The molecule has 0 aliphatic rings. The third-order valence-electron chi connectivity index (χ3n) is 2.45. The van der Waals surface area contributed by atoms with E-state index in [0.717, 1.165) is 10.4 Å². The van der Waals surface area contributed by atoms with Gasteiger partial charge in [0, 0.05) is 5.02 Å². The number of hydrogen-bond acceptors (Lipinski definition) is 4. The number of benzene rings is 1. The molecule has 3 aromatic rings. The van der Waals surface area contributed by atoms with Gasteiger partial charge in [0.2, 0.25) is 11.7 Å². The number of halogens is 1. The van der Waals surface area contributed by atoms with E-state index in [2.05, 4.69) is 10.1 Å². The standard InChI is InChI=1S/C13H9ClN2OS/c14-10-4-1-3-9(7-10)8-12-15-13(16-17-12)11-5-2-6-18-11/h1-7H,8H2. The minimum absolute atomic E-state index is 0.596. The van der Waals surface area contributed by atoms with Crippen molar-refractivity contribution < 1.29 is 4.52 Å². The molecular weight excluding hydrogens is 268 g/mol. The lowest BCUT2D eigenvalue weighted by molar-refractivity contribution is 0.386. The van der Waals surface area contributed by atoms with Crippen LogP contribution in [-0.4, -0.2) is 10.1 Å². The average molecular weight is 277 g/mol. The van der Waals surface area contributed by atoms with E-state index in [4.69, 9.17) is 16.1 Å². The first-order valence-electron chi connectivity index (χ1n) is 5.42. The minimum atomic E-state index is 0.596. The van der Waals surface area contributed by atoms with Crippen molar-refractivity contribution >= 4 is 22.9 Å². The van der Waals surface area contributed by atoms with Gasteiger partial charge in [-0.2, -0.15) is 4.98 Å². The van der Waals surface area contributed by atoms with Gasteiger partial charge < -0.3 is 4.52 Å². The van der Waals surface area contributed by atoms with Crippen LogP contribution in [0.4, 0.5) is 0 Å². The van der Waals surface area contributed by atoms with Gasteiger partial charge in [-0.15, -0.1) is 11.3 Å². The van der Waals surface area contributed by atoms with Crippen LogP contribution in [0.5, 0.6) is 0 Å². The highest BCUT2D eigenvalue weighted by Crippen LogP contribution is 2.22. The maximum absolute atomic E-state index is 5.93. The molecule has 0 saturated heterocycles. The molecule has 0 spiro atoms. The predicted molar refractivity (Wildman–Crippen MR) is 71.9 cm³/mol. The number of hydrogen-bond donors (Lipinski definition) is 0. The largest absolute Gasteiger partial charge is 0.339 e. The molecule has 0 saturated carbocycles. The van der Waals surface area contributed by atoms with Crippen molar-refractivity contribution in [3.8, 4) is 10.7 Å². The van der Waals surface area contributed by atoms with Crippen molar-refractivity contribution in [1.82, 2.24) is 10.1 Å². The molecule has 0 N–H and O–H groups in total. The molecule has 3 rings (SSSR count). The van der Waals surface area contributed by atoms with Gasteiger partial charge in [-0.05, 0) is 29.1 Å². The Bertz CT molecular complexity index is 649. The molecule has 0 radical (unpaired) electrons. The van der Waals surface area contributed by atoms with Crippen LogP contribution in [-0.2, 0) is 6.42 Å². The summed E-state index contributed by atoms with van der Waals surface area (Å²) in [6, 6.07) is 11.6. The van der Waals surface area contributed by atoms with E-state index in [9.17, 15) is 0 Å². The molecule has 5 heteroatoms. The van der Waals surface area contributed by atoms with Crippen LogP contribution in [0.2, 0.25) is 5.02 Å². The van der Waals surface area contributed by atoms with Crippen LogP contribution in [0.1, 0.15) is 11.5 Å². The highest BCUT2D eigenvalue weighted by atomic mass is 35.5. The average Bonchev–Trinajstić information content (AvgIpc) is 2.98. The molecule has 90 valence electrons.